The van der Waals surface area contributed by atoms with Crippen LogP contribution in [0.3, 0.4) is 0 Å². The van der Waals surface area contributed by atoms with Crippen molar-refractivity contribution in [2.75, 3.05) is 57.6 Å². The maximum atomic E-state index is 12.2. The molecule has 0 heterocycles. The number of likely N-dealkylation sites (N-methyl/N-ethyl adjacent to an activating group) is 1. The Labute approximate surface area is 309 Å². The first-order valence-corrected chi connectivity index (χ1v) is 19.2. The van der Waals surface area contributed by atoms with Gasteiger partial charge in [0.25, 0.3) is 13.5 Å². The fourth-order valence-corrected chi connectivity index (χ4v) is 6.05. The second-order valence-corrected chi connectivity index (χ2v) is 13.4. The van der Waals surface area contributed by atoms with Crippen molar-refractivity contribution in [2.24, 2.45) is 15.4 Å². The van der Waals surface area contributed by atoms with E-state index in [1.165, 1.54) is 6.07 Å². The molecule has 0 aliphatic rings. The van der Waals surface area contributed by atoms with Gasteiger partial charge in [0.05, 0.1) is 53.3 Å². The number of benzene rings is 3. The molecule has 0 spiro atoms. The van der Waals surface area contributed by atoms with E-state index in [1.54, 1.807) is 31.2 Å². The number of hydrogen-bond donors (Lipinski definition) is 2. The number of hydrogen-bond acceptors (Lipinski definition) is 14. The van der Waals surface area contributed by atoms with Crippen LogP contribution in [0.15, 0.2) is 76.0 Å². The number of aliphatic hydroxyl groups excluding tert-OH is 1. The Morgan fingerprint density at radius 3 is 2.43 bits per heavy atom. The molecule has 2 N–H and O–H groups in total. The van der Waals surface area contributed by atoms with Gasteiger partial charge in [-0.3, -0.25) is 19.5 Å². The largest absolute Gasteiger partial charge is 0.756 e. The molecule has 0 aromatic heterocycles. The van der Waals surface area contributed by atoms with Gasteiger partial charge in [-0.15, -0.1) is 5.11 Å². The van der Waals surface area contributed by atoms with E-state index in [9.17, 15) is 24.4 Å². The second kappa shape index (κ2) is 23.4. The zero-order valence-corrected chi connectivity index (χ0v) is 31.4. The quantitative estimate of drug-likeness (QED) is 0.0219. The predicted octanol–water partition coefficient (Wildman–Crippen LogP) is 6.74. The standard InChI is InChI=1S/C36H51N6O10P/c1-4-31(52-53(47,48)51-25-10-23-43)27-49-24-9-21-37-36(44)14-8-11-28(3)40-50-26-22-41(5-2)30-17-15-29(16-18-30)38-39-34-19-20-35(42(45)46)33-13-7-6-12-32(33)34/h6-7,12-13,15-20,31,43H,4-5,8-11,14,21-27H2,1-3H3,(H,37,44)(H,47,48)/p-1/b39-38?,40-28-. The van der Waals surface area contributed by atoms with Crippen LogP contribution < -0.4 is 15.1 Å². The third-order valence-electron chi connectivity index (χ3n) is 7.94. The van der Waals surface area contributed by atoms with Gasteiger partial charge in [0.1, 0.15) is 6.61 Å². The number of amides is 1. The van der Waals surface area contributed by atoms with Crippen molar-refractivity contribution in [1.29, 1.82) is 0 Å². The summed E-state index contributed by atoms with van der Waals surface area (Å²) in [6.45, 7) is 7.94. The summed E-state index contributed by atoms with van der Waals surface area (Å²) in [4.78, 5) is 42.7. The number of phosphoric acid groups is 1. The van der Waals surface area contributed by atoms with Gasteiger partial charge >= 0.3 is 0 Å². The zero-order valence-electron chi connectivity index (χ0n) is 30.6. The van der Waals surface area contributed by atoms with Gasteiger partial charge in [0.15, 0.2) is 0 Å². The van der Waals surface area contributed by atoms with Crippen molar-refractivity contribution in [1.82, 2.24) is 5.32 Å². The summed E-state index contributed by atoms with van der Waals surface area (Å²) < 4.78 is 27.0. The maximum Gasteiger partial charge on any atom is 0.277 e. The lowest BCUT2D eigenvalue weighted by molar-refractivity contribution is -0.383. The number of azo groups is 1. The van der Waals surface area contributed by atoms with Gasteiger partial charge in [-0.2, -0.15) is 5.11 Å². The second-order valence-electron chi connectivity index (χ2n) is 12.0. The number of aliphatic hydroxyl groups is 1. The normalized spacial score (nSPS) is 13.6. The summed E-state index contributed by atoms with van der Waals surface area (Å²) in [5.74, 6) is -0.0771. The smallest absolute Gasteiger partial charge is 0.277 e. The number of phosphoric ester groups is 1. The van der Waals surface area contributed by atoms with Crippen LogP contribution in [0.4, 0.5) is 22.7 Å². The van der Waals surface area contributed by atoms with Crippen molar-refractivity contribution >= 4 is 53.0 Å². The van der Waals surface area contributed by atoms with E-state index in [2.05, 4.69) is 30.1 Å². The van der Waals surface area contributed by atoms with Crippen LogP contribution in [0.1, 0.15) is 59.3 Å². The molecule has 0 bridgehead atoms. The molecule has 290 valence electrons. The summed E-state index contributed by atoms with van der Waals surface area (Å²) in [5, 5.41) is 37.0. The van der Waals surface area contributed by atoms with Crippen molar-refractivity contribution in [3.63, 3.8) is 0 Å². The van der Waals surface area contributed by atoms with E-state index in [1.807, 2.05) is 44.2 Å². The van der Waals surface area contributed by atoms with E-state index < -0.39 is 18.8 Å². The van der Waals surface area contributed by atoms with Gasteiger partial charge in [-0.05, 0) is 82.3 Å². The third kappa shape index (κ3) is 15.7. The van der Waals surface area contributed by atoms with Crippen molar-refractivity contribution in [3.05, 3.63) is 70.8 Å². The monoisotopic (exact) mass is 757 g/mol. The van der Waals surface area contributed by atoms with E-state index in [4.69, 9.17) is 19.2 Å². The van der Waals surface area contributed by atoms with Crippen molar-refractivity contribution in [2.45, 2.75) is 65.4 Å². The Kier molecular flexibility index (Phi) is 19.0. The number of nitrogens with zero attached hydrogens (tertiary/aromatic N) is 5. The highest BCUT2D eigenvalue weighted by Crippen LogP contribution is 2.40. The van der Waals surface area contributed by atoms with Gasteiger partial charge < -0.3 is 38.8 Å². The van der Waals surface area contributed by atoms with E-state index >= 15 is 0 Å². The molecule has 3 rings (SSSR count). The van der Waals surface area contributed by atoms with Crippen LogP contribution in [-0.4, -0.2) is 80.4 Å². The molecule has 53 heavy (non-hydrogen) atoms. The number of nitro groups is 1. The average molecular weight is 758 g/mol. The molecule has 0 saturated carbocycles. The Bertz CT molecular complexity index is 1690. The number of fused-ring (bicyclic) bond motifs is 1. The molecule has 3 aromatic rings. The van der Waals surface area contributed by atoms with Crippen LogP contribution in [0.2, 0.25) is 0 Å². The highest BCUT2D eigenvalue weighted by Gasteiger charge is 2.17. The molecule has 0 radical (unpaired) electrons. The van der Waals surface area contributed by atoms with Crippen molar-refractivity contribution in [3.8, 4) is 0 Å². The van der Waals surface area contributed by atoms with Gasteiger partial charge in [-0.25, -0.2) is 0 Å². The molecule has 0 saturated heterocycles. The van der Waals surface area contributed by atoms with E-state index in [0.717, 1.165) is 17.9 Å². The van der Waals surface area contributed by atoms with Crippen LogP contribution in [-0.2, 0) is 28.0 Å². The molecule has 0 fully saturated rings. The minimum atomic E-state index is -4.46. The molecule has 2 atom stereocenters. The first-order valence-electron chi connectivity index (χ1n) is 17.7. The summed E-state index contributed by atoms with van der Waals surface area (Å²) in [7, 11) is -4.46. The molecule has 0 aliphatic heterocycles. The number of anilines is 1. The number of non-ortho nitro benzene ring substituents is 1. The average Bonchev–Trinajstić information content (AvgIpc) is 3.15. The fraction of sp³-hybridized carbons (Fsp3) is 0.500. The SMILES string of the molecule is CCC(COCCCNC(=O)CCC/C(C)=N\OCCN(CC)c1ccc(N=Nc2ccc([N+](=O)[O-])c3ccccc23)cc1)OP(=O)([O-])OCCCO. The molecular weight excluding hydrogens is 707 g/mol. The molecule has 2 unspecified atom stereocenters. The first kappa shape index (κ1) is 43.1. The molecular formula is C36H50N6O10P-. The molecule has 3 aromatic carbocycles. The minimum Gasteiger partial charge on any atom is -0.756 e. The van der Waals surface area contributed by atoms with Gasteiger partial charge in [0.2, 0.25) is 5.91 Å². The number of ether oxygens (including phenoxy) is 1. The van der Waals surface area contributed by atoms with Gasteiger partial charge in [0, 0.05) is 49.9 Å². The number of carbonyl (C=O) groups is 1. The Morgan fingerprint density at radius 1 is 0.981 bits per heavy atom. The summed E-state index contributed by atoms with van der Waals surface area (Å²) in [6, 6.07) is 17.7. The summed E-state index contributed by atoms with van der Waals surface area (Å²) in [6.07, 6.45) is 2.08. The molecule has 17 heteroatoms. The number of rotatable bonds is 26. The Hall–Kier alpha value is -4.31. The van der Waals surface area contributed by atoms with Gasteiger partial charge in [-0.1, -0.05) is 30.3 Å². The summed E-state index contributed by atoms with van der Waals surface area (Å²) >= 11 is 0. The zero-order chi connectivity index (χ0) is 38.5. The Balaban J connectivity index is 1.30. The molecule has 0 aliphatic carbocycles. The number of nitro benzene ring substituents is 1. The molecule has 1 amide bonds. The van der Waals surface area contributed by atoms with Crippen molar-refractivity contribution < 1.29 is 42.9 Å². The lowest BCUT2D eigenvalue weighted by atomic mass is 10.1. The lowest BCUT2D eigenvalue weighted by Gasteiger charge is -2.27. The maximum absolute atomic E-state index is 12.2. The highest BCUT2D eigenvalue weighted by atomic mass is 31.2. The number of oxime groups is 1. The van der Waals surface area contributed by atoms with E-state index in [-0.39, 0.29) is 37.8 Å². The Morgan fingerprint density at radius 2 is 1.74 bits per heavy atom. The topological polar surface area (TPSA) is 210 Å². The number of carbonyl (C=O) groups excluding carboxylic acids is 1. The summed E-state index contributed by atoms with van der Waals surface area (Å²) in [5.41, 5.74) is 3.00. The number of nitrogens with one attached hydrogen (secondary N) is 1. The van der Waals surface area contributed by atoms with Crippen LogP contribution in [0.25, 0.3) is 10.8 Å². The van der Waals surface area contributed by atoms with Crippen LogP contribution in [0.5, 0.6) is 0 Å². The van der Waals surface area contributed by atoms with Crippen LogP contribution >= 0.6 is 7.82 Å². The molecule has 16 nitrogen and oxygen atoms in total. The lowest BCUT2D eigenvalue weighted by Crippen LogP contribution is -2.26. The third-order valence-corrected chi connectivity index (χ3v) is 8.99. The van der Waals surface area contributed by atoms with Crippen LogP contribution in [0, 0.1) is 10.1 Å². The highest BCUT2D eigenvalue weighted by molar-refractivity contribution is 7.45. The first-order chi connectivity index (χ1) is 25.6. The minimum absolute atomic E-state index is 0.0265. The van der Waals surface area contributed by atoms with E-state index in [0.29, 0.717) is 80.6 Å². The fourth-order valence-electron chi connectivity index (χ4n) is 5.06. The predicted molar refractivity (Wildman–Crippen MR) is 201 cm³/mol.